The van der Waals surface area contributed by atoms with E-state index in [9.17, 15) is 0 Å². The number of hydrogen-bond donors (Lipinski definition) is 1. The first-order valence-electron chi connectivity index (χ1n) is 5.19. The molecule has 0 aromatic heterocycles. The van der Waals surface area contributed by atoms with Gasteiger partial charge in [-0.3, -0.25) is 5.41 Å². The highest BCUT2D eigenvalue weighted by Gasteiger charge is 2.15. The van der Waals surface area contributed by atoms with Gasteiger partial charge in [-0.25, -0.2) is 0 Å². The van der Waals surface area contributed by atoms with E-state index in [0.717, 1.165) is 18.8 Å². The second kappa shape index (κ2) is 3.82. The van der Waals surface area contributed by atoms with Gasteiger partial charge in [0.2, 0.25) is 0 Å². The van der Waals surface area contributed by atoms with Crippen LogP contribution < -0.4 is 4.90 Å². The van der Waals surface area contributed by atoms with Crippen molar-refractivity contribution in [2.24, 2.45) is 0 Å². The van der Waals surface area contributed by atoms with E-state index < -0.39 is 0 Å². The van der Waals surface area contributed by atoms with Crippen molar-refractivity contribution in [3.63, 3.8) is 0 Å². The van der Waals surface area contributed by atoms with E-state index in [-0.39, 0.29) is 0 Å². The van der Waals surface area contributed by atoms with E-state index in [4.69, 9.17) is 5.41 Å². The summed E-state index contributed by atoms with van der Waals surface area (Å²) in [5.74, 6) is 0.766. The van der Waals surface area contributed by atoms with Gasteiger partial charge in [0.05, 0.1) is 0 Å². The summed E-state index contributed by atoms with van der Waals surface area (Å²) >= 11 is 0. The molecule has 0 atom stereocenters. The van der Waals surface area contributed by atoms with E-state index in [2.05, 4.69) is 36.1 Å². The summed E-state index contributed by atoms with van der Waals surface area (Å²) in [4.78, 5) is 2.12. The molecule has 74 valence electrons. The van der Waals surface area contributed by atoms with E-state index in [1.54, 1.807) is 0 Å². The lowest BCUT2D eigenvalue weighted by Crippen LogP contribution is -2.34. The van der Waals surface area contributed by atoms with Crippen LogP contribution in [0.25, 0.3) is 0 Å². The standard InChI is InChI=1S/C12H16N2/c1-10-5-4-6-11(9-10)14-8-3-2-7-12(14)13/h4-6,9,13H,2-3,7-8H2,1H3. The third-order valence-electron chi connectivity index (χ3n) is 2.68. The molecule has 1 fully saturated rings. The molecule has 1 aliphatic rings. The highest BCUT2D eigenvalue weighted by atomic mass is 15.2. The number of nitrogens with zero attached hydrogens (tertiary/aromatic N) is 1. The SMILES string of the molecule is Cc1cccc(N2CCCCC2=N)c1. The van der Waals surface area contributed by atoms with Gasteiger partial charge in [-0.05, 0) is 37.5 Å². The van der Waals surface area contributed by atoms with E-state index >= 15 is 0 Å². The first kappa shape index (κ1) is 9.25. The molecule has 2 rings (SSSR count). The highest BCUT2D eigenvalue weighted by molar-refractivity contribution is 5.96. The molecule has 0 bridgehead atoms. The minimum atomic E-state index is 0.766. The van der Waals surface area contributed by atoms with Crippen LogP contribution in [0.5, 0.6) is 0 Å². The summed E-state index contributed by atoms with van der Waals surface area (Å²) in [6.07, 6.45) is 3.30. The van der Waals surface area contributed by atoms with Crippen LogP contribution in [0, 0.1) is 12.3 Å². The molecule has 0 amide bonds. The smallest absolute Gasteiger partial charge is 0.100 e. The summed E-state index contributed by atoms with van der Waals surface area (Å²) in [7, 11) is 0. The maximum Gasteiger partial charge on any atom is 0.100 e. The van der Waals surface area contributed by atoms with Crippen molar-refractivity contribution in [1.82, 2.24) is 0 Å². The fraction of sp³-hybridized carbons (Fsp3) is 0.417. The molecule has 1 aliphatic heterocycles. The fourth-order valence-electron chi connectivity index (χ4n) is 1.91. The van der Waals surface area contributed by atoms with Crippen LogP contribution in [0.15, 0.2) is 24.3 Å². The second-order valence-electron chi connectivity index (χ2n) is 3.89. The molecule has 0 aliphatic carbocycles. The predicted molar refractivity (Wildman–Crippen MR) is 60.1 cm³/mol. The lowest BCUT2D eigenvalue weighted by atomic mass is 10.1. The van der Waals surface area contributed by atoms with Gasteiger partial charge in [0.25, 0.3) is 0 Å². The van der Waals surface area contributed by atoms with Gasteiger partial charge in [-0.2, -0.15) is 0 Å². The number of hydrogen-bond acceptors (Lipinski definition) is 1. The van der Waals surface area contributed by atoms with Gasteiger partial charge in [-0.1, -0.05) is 12.1 Å². The molecule has 0 radical (unpaired) electrons. The number of nitrogens with one attached hydrogen (secondary N) is 1. The average molecular weight is 188 g/mol. The average Bonchev–Trinajstić information content (AvgIpc) is 2.18. The molecule has 2 nitrogen and oxygen atoms in total. The number of aryl methyl sites for hydroxylation is 1. The fourth-order valence-corrected chi connectivity index (χ4v) is 1.91. The molecule has 1 saturated heterocycles. The first-order chi connectivity index (χ1) is 6.77. The summed E-state index contributed by atoms with van der Waals surface area (Å²) in [5.41, 5.74) is 2.44. The largest absolute Gasteiger partial charge is 0.330 e. The van der Waals surface area contributed by atoms with Crippen molar-refractivity contribution >= 4 is 11.5 Å². The lowest BCUT2D eigenvalue weighted by Gasteiger charge is -2.29. The molecule has 1 N–H and O–H groups in total. The summed E-state index contributed by atoms with van der Waals surface area (Å²) in [6.45, 7) is 3.10. The van der Waals surface area contributed by atoms with Crippen LogP contribution in [0.1, 0.15) is 24.8 Å². The van der Waals surface area contributed by atoms with Crippen LogP contribution in [0.4, 0.5) is 5.69 Å². The van der Waals surface area contributed by atoms with Crippen molar-refractivity contribution in [2.45, 2.75) is 26.2 Å². The van der Waals surface area contributed by atoms with Crippen molar-refractivity contribution in [2.75, 3.05) is 11.4 Å². The Morgan fingerprint density at radius 2 is 2.14 bits per heavy atom. The Kier molecular flexibility index (Phi) is 2.53. The molecular weight excluding hydrogens is 172 g/mol. The Morgan fingerprint density at radius 1 is 1.29 bits per heavy atom. The van der Waals surface area contributed by atoms with Gasteiger partial charge in [0.15, 0.2) is 0 Å². The zero-order valence-electron chi connectivity index (χ0n) is 8.59. The van der Waals surface area contributed by atoms with Crippen LogP contribution in [-0.2, 0) is 0 Å². The van der Waals surface area contributed by atoms with Crippen LogP contribution in [0.2, 0.25) is 0 Å². The van der Waals surface area contributed by atoms with Gasteiger partial charge in [0, 0.05) is 18.7 Å². The quantitative estimate of drug-likeness (QED) is 0.720. The van der Waals surface area contributed by atoms with Gasteiger partial charge >= 0.3 is 0 Å². The van der Waals surface area contributed by atoms with Crippen molar-refractivity contribution in [1.29, 1.82) is 5.41 Å². The van der Waals surface area contributed by atoms with Gasteiger partial charge in [-0.15, -0.1) is 0 Å². The number of anilines is 1. The Bertz CT molecular complexity index is 344. The van der Waals surface area contributed by atoms with Gasteiger partial charge in [0.1, 0.15) is 5.84 Å². The van der Waals surface area contributed by atoms with Crippen LogP contribution >= 0.6 is 0 Å². The minimum Gasteiger partial charge on any atom is -0.330 e. The van der Waals surface area contributed by atoms with E-state index in [0.29, 0.717) is 0 Å². The van der Waals surface area contributed by atoms with Crippen LogP contribution in [-0.4, -0.2) is 12.4 Å². The van der Waals surface area contributed by atoms with Crippen molar-refractivity contribution in [3.05, 3.63) is 29.8 Å². The summed E-state index contributed by atoms with van der Waals surface area (Å²) in [5, 5.41) is 7.88. The van der Waals surface area contributed by atoms with Crippen molar-refractivity contribution < 1.29 is 0 Å². The second-order valence-corrected chi connectivity index (χ2v) is 3.89. The summed E-state index contributed by atoms with van der Waals surface area (Å²) in [6, 6.07) is 8.40. The van der Waals surface area contributed by atoms with Crippen molar-refractivity contribution in [3.8, 4) is 0 Å². The molecule has 0 unspecified atom stereocenters. The molecule has 1 aromatic carbocycles. The third-order valence-corrected chi connectivity index (χ3v) is 2.68. The Balaban J connectivity index is 2.24. The molecule has 2 heteroatoms. The topological polar surface area (TPSA) is 27.1 Å². The first-order valence-corrected chi connectivity index (χ1v) is 5.19. The lowest BCUT2D eigenvalue weighted by molar-refractivity contribution is 0.707. The summed E-state index contributed by atoms with van der Waals surface area (Å²) < 4.78 is 0. The van der Waals surface area contributed by atoms with Crippen LogP contribution in [0.3, 0.4) is 0 Å². The number of amidine groups is 1. The zero-order chi connectivity index (χ0) is 9.97. The highest BCUT2D eigenvalue weighted by Crippen LogP contribution is 2.21. The van der Waals surface area contributed by atoms with Gasteiger partial charge < -0.3 is 4.90 Å². The number of benzene rings is 1. The molecule has 14 heavy (non-hydrogen) atoms. The maximum atomic E-state index is 7.88. The zero-order valence-corrected chi connectivity index (χ0v) is 8.59. The predicted octanol–water partition coefficient (Wildman–Crippen LogP) is 2.96. The van der Waals surface area contributed by atoms with E-state index in [1.807, 2.05) is 0 Å². The molecule has 0 spiro atoms. The molecular formula is C12H16N2. The maximum absolute atomic E-state index is 7.88. The Hall–Kier alpha value is -1.31. The normalized spacial score (nSPS) is 17.2. The number of piperidine rings is 1. The Morgan fingerprint density at radius 3 is 2.86 bits per heavy atom. The molecule has 1 aromatic rings. The molecule has 1 heterocycles. The Labute approximate surface area is 85.1 Å². The minimum absolute atomic E-state index is 0.766. The molecule has 0 saturated carbocycles. The monoisotopic (exact) mass is 188 g/mol. The number of rotatable bonds is 1. The van der Waals surface area contributed by atoms with E-state index in [1.165, 1.54) is 24.1 Å². The third kappa shape index (κ3) is 1.79.